The van der Waals surface area contributed by atoms with Crippen molar-refractivity contribution in [3.05, 3.63) is 88.4 Å². The van der Waals surface area contributed by atoms with Crippen LogP contribution in [0.1, 0.15) is 30.0 Å². The van der Waals surface area contributed by atoms with Crippen LogP contribution in [0.5, 0.6) is 11.5 Å². The lowest BCUT2D eigenvalue weighted by Gasteiger charge is -2.15. The Morgan fingerprint density at radius 2 is 1.77 bits per heavy atom. The Hall–Kier alpha value is -3.24. The molecule has 0 fully saturated rings. The fraction of sp³-hybridized carbons (Fsp3) is 0.192. The number of anilines is 1. The SMILES string of the molecule is CCCN1C(=O)/C(=C\c2ccc(OCc3ccc(Cl)cc3)c(OC)c2)c2ccccc21. The number of benzene rings is 3. The van der Waals surface area contributed by atoms with E-state index in [4.69, 9.17) is 21.1 Å². The van der Waals surface area contributed by atoms with Crippen molar-refractivity contribution in [1.29, 1.82) is 0 Å². The molecule has 0 saturated heterocycles. The number of carbonyl (C=O) groups excluding carboxylic acids is 1. The summed E-state index contributed by atoms with van der Waals surface area (Å²) >= 11 is 5.94. The van der Waals surface area contributed by atoms with Gasteiger partial charge in [-0.2, -0.15) is 0 Å². The Kier molecular flexibility index (Phi) is 6.28. The molecule has 0 spiro atoms. The summed E-state index contributed by atoms with van der Waals surface area (Å²) < 4.78 is 11.5. The largest absolute Gasteiger partial charge is 0.493 e. The summed E-state index contributed by atoms with van der Waals surface area (Å²) in [5, 5.41) is 0.694. The summed E-state index contributed by atoms with van der Waals surface area (Å²) in [7, 11) is 1.61. The van der Waals surface area contributed by atoms with Crippen LogP contribution in [-0.2, 0) is 11.4 Å². The van der Waals surface area contributed by atoms with Crippen LogP contribution in [0.3, 0.4) is 0 Å². The van der Waals surface area contributed by atoms with Crippen LogP contribution in [0.25, 0.3) is 11.6 Å². The number of carbonyl (C=O) groups is 1. The van der Waals surface area contributed by atoms with E-state index >= 15 is 0 Å². The number of amides is 1. The molecule has 1 amide bonds. The highest BCUT2D eigenvalue weighted by Gasteiger charge is 2.31. The van der Waals surface area contributed by atoms with Gasteiger partial charge >= 0.3 is 0 Å². The molecule has 0 unspecified atom stereocenters. The number of ether oxygens (including phenoxy) is 2. The van der Waals surface area contributed by atoms with Crippen molar-refractivity contribution >= 4 is 34.8 Å². The maximum absolute atomic E-state index is 13.1. The van der Waals surface area contributed by atoms with Gasteiger partial charge < -0.3 is 14.4 Å². The molecule has 4 nitrogen and oxygen atoms in total. The molecule has 0 aromatic heterocycles. The van der Waals surface area contributed by atoms with Gasteiger partial charge in [0.15, 0.2) is 11.5 Å². The smallest absolute Gasteiger partial charge is 0.258 e. The first-order valence-corrected chi connectivity index (χ1v) is 10.7. The van der Waals surface area contributed by atoms with E-state index in [2.05, 4.69) is 6.92 Å². The summed E-state index contributed by atoms with van der Waals surface area (Å²) in [6, 6.07) is 21.2. The second kappa shape index (κ2) is 9.27. The van der Waals surface area contributed by atoms with Gasteiger partial charge in [0.1, 0.15) is 6.61 Å². The van der Waals surface area contributed by atoms with Crippen molar-refractivity contribution in [2.24, 2.45) is 0 Å². The Labute approximate surface area is 187 Å². The third-order valence-corrected chi connectivity index (χ3v) is 5.47. The molecule has 1 aliphatic rings. The molecule has 0 saturated carbocycles. The number of hydrogen-bond donors (Lipinski definition) is 0. The normalized spacial score (nSPS) is 14.1. The first kappa shape index (κ1) is 21.0. The zero-order valence-electron chi connectivity index (χ0n) is 17.6. The third-order valence-electron chi connectivity index (χ3n) is 5.21. The molecule has 1 heterocycles. The third kappa shape index (κ3) is 4.44. The Bertz CT molecular complexity index is 1120. The van der Waals surface area contributed by atoms with Gasteiger partial charge in [-0.3, -0.25) is 4.79 Å². The van der Waals surface area contributed by atoms with Gasteiger partial charge in [0.05, 0.1) is 12.8 Å². The van der Waals surface area contributed by atoms with Crippen molar-refractivity contribution in [3.63, 3.8) is 0 Å². The fourth-order valence-electron chi connectivity index (χ4n) is 3.69. The standard InChI is InChI=1S/C26H24ClNO3/c1-3-14-28-23-7-5-4-6-21(23)22(26(28)29)15-19-10-13-24(25(16-19)30-2)31-17-18-8-11-20(27)12-9-18/h4-13,15-16H,3,14,17H2,1-2H3/b22-15-. The summed E-state index contributed by atoms with van der Waals surface area (Å²) in [4.78, 5) is 14.9. The average molecular weight is 434 g/mol. The average Bonchev–Trinajstić information content (AvgIpc) is 3.05. The predicted molar refractivity (Wildman–Crippen MR) is 126 cm³/mol. The van der Waals surface area contributed by atoms with E-state index in [-0.39, 0.29) is 5.91 Å². The Morgan fingerprint density at radius 3 is 2.52 bits per heavy atom. The molecule has 158 valence electrons. The Balaban J connectivity index is 1.59. The topological polar surface area (TPSA) is 38.8 Å². The van der Waals surface area contributed by atoms with Crippen LogP contribution in [0.4, 0.5) is 5.69 Å². The quantitative estimate of drug-likeness (QED) is 0.415. The highest BCUT2D eigenvalue weighted by molar-refractivity contribution is 6.35. The van der Waals surface area contributed by atoms with Crippen LogP contribution in [-0.4, -0.2) is 19.6 Å². The fourth-order valence-corrected chi connectivity index (χ4v) is 3.82. The molecule has 0 atom stereocenters. The molecular formula is C26H24ClNO3. The summed E-state index contributed by atoms with van der Waals surface area (Å²) in [5.41, 5.74) is 4.52. The lowest BCUT2D eigenvalue weighted by Crippen LogP contribution is -2.26. The van der Waals surface area contributed by atoms with E-state index in [9.17, 15) is 4.79 Å². The molecule has 1 aliphatic heterocycles. The number of hydrogen-bond acceptors (Lipinski definition) is 3. The molecule has 0 aliphatic carbocycles. The maximum Gasteiger partial charge on any atom is 0.258 e. The number of fused-ring (bicyclic) bond motifs is 1. The van der Waals surface area contributed by atoms with E-state index in [0.717, 1.165) is 28.8 Å². The number of methoxy groups -OCH3 is 1. The minimum Gasteiger partial charge on any atom is -0.493 e. The summed E-state index contributed by atoms with van der Waals surface area (Å²) in [5.74, 6) is 1.29. The van der Waals surface area contributed by atoms with Crippen molar-refractivity contribution in [2.45, 2.75) is 20.0 Å². The van der Waals surface area contributed by atoms with E-state index in [1.54, 1.807) is 7.11 Å². The van der Waals surface area contributed by atoms with E-state index in [1.165, 1.54) is 0 Å². The van der Waals surface area contributed by atoms with Gasteiger partial charge in [0.2, 0.25) is 0 Å². The van der Waals surface area contributed by atoms with Crippen molar-refractivity contribution in [1.82, 2.24) is 0 Å². The monoisotopic (exact) mass is 433 g/mol. The molecule has 0 radical (unpaired) electrons. The van der Waals surface area contributed by atoms with Crippen LogP contribution < -0.4 is 14.4 Å². The second-order valence-electron chi connectivity index (χ2n) is 7.36. The highest BCUT2D eigenvalue weighted by Crippen LogP contribution is 2.38. The zero-order valence-corrected chi connectivity index (χ0v) is 18.4. The van der Waals surface area contributed by atoms with Crippen LogP contribution in [0.15, 0.2) is 66.7 Å². The van der Waals surface area contributed by atoms with Gasteiger partial charge in [-0.1, -0.05) is 54.9 Å². The molecular weight excluding hydrogens is 410 g/mol. The number of para-hydroxylation sites is 1. The minimum atomic E-state index is 0.0325. The molecule has 3 aromatic carbocycles. The van der Waals surface area contributed by atoms with Crippen LogP contribution in [0, 0.1) is 0 Å². The first-order chi connectivity index (χ1) is 15.1. The number of halogens is 1. The van der Waals surface area contributed by atoms with E-state index in [0.29, 0.717) is 35.2 Å². The number of rotatable bonds is 7. The number of nitrogens with zero attached hydrogens (tertiary/aromatic N) is 1. The summed E-state index contributed by atoms with van der Waals surface area (Å²) in [6.07, 6.45) is 2.82. The van der Waals surface area contributed by atoms with Gasteiger partial charge in [0.25, 0.3) is 5.91 Å². The summed E-state index contributed by atoms with van der Waals surface area (Å²) in [6.45, 7) is 3.19. The van der Waals surface area contributed by atoms with Crippen LogP contribution in [0.2, 0.25) is 5.02 Å². The van der Waals surface area contributed by atoms with Crippen molar-refractivity contribution in [3.8, 4) is 11.5 Å². The zero-order chi connectivity index (χ0) is 21.8. The molecule has 5 heteroatoms. The minimum absolute atomic E-state index is 0.0325. The van der Waals surface area contributed by atoms with Crippen LogP contribution >= 0.6 is 11.6 Å². The van der Waals surface area contributed by atoms with E-state index < -0.39 is 0 Å². The van der Waals surface area contributed by atoms with Gasteiger partial charge in [0, 0.05) is 22.7 Å². The molecule has 31 heavy (non-hydrogen) atoms. The lowest BCUT2D eigenvalue weighted by atomic mass is 10.0. The highest BCUT2D eigenvalue weighted by atomic mass is 35.5. The maximum atomic E-state index is 13.1. The molecule has 0 bridgehead atoms. The van der Waals surface area contributed by atoms with Gasteiger partial charge in [-0.05, 0) is 54.0 Å². The van der Waals surface area contributed by atoms with Crippen molar-refractivity contribution < 1.29 is 14.3 Å². The molecule has 4 rings (SSSR count). The molecule has 0 N–H and O–H groups in total. The second-order valence-corrected chi connectivity index (χ2v) is 7.79. The van der Waals surface area contributed by atoms with Crippen molar-refractivity contribution in [2.75, 3.05) is 18.6 Å². The van der Waals surface area contributed by atoms with Gasteiger partial charge in [-0.15, -0.1) is 0 Å². The van der Waals surface area contributed by atoms with Gasteiger partial charge in [-0.25, -0.2) is 0 Å². The first-order valence-electron chi connectivity index (χ1n) is 10.3. The van der Waals surface area contributed by atoms with E-state index in [1.807, 2.05) is 77.7 Å². The lowest BCUT2D eigenvalue weighted by molar-refractivity contribution is -0.113. The predicted octanol–water partition coefficient (Wildman–Crippen LogP) is 6.22. The molecule has 3 aromatic rings. The Morgan fingerprint density at radius 1 is 1.00 bits per heavy atom.